The highest BCUT2D eigenvalue weighted by Gasteiger charge is 2.35. The van der Waals surface area contributed by atoms with Gasteiger partial charge in [0.2, 0.25) is 0 Å². The van der Waals surface area contributed by atoms with E-state index in [2.05, 4.69) is 161 Å². The van der Waals surface area contributed by atoms with E-state index in [0.29, 0.717) is 52.9 Å². The van der Waals surface area contributed by atoms with Gasteiger partial charge in [0, 0.05) is 118 Å². The number of fused-ring (bicyclic) bond motifs is 4. The van der Waals surface area contributed by atoms with Crippen molar-refractivity contribution in [3.8, 4) is 194 Å². The van der Waals surface area contributed by atoms with Gasteiger partial charge in [0.05, 0.1) is 48.8 Å². The van der Waals surface area contributed by atoms with Crippen LogP contribution in [0.5, 0.6) is 46.0 Å². The first-order valence-corrected chi connectivity index (χ1v) is 55.3. The van der Waals surface area contributed by atoms with Crippen molar-refractivity contribution >= 4 is 181 Å². The maximum atomic E-state index is 6.65. The lowest BCUT2D eigenvalue weighted by Gasteiger charge is -2.16. The molecule has 0 spiro atoms. The second-order valence-corrected chi connectivity index (χ2v) is 47.8. The van der Waals surface area contributed by atoms with E-state index >= 15 is 0 Å². The summed E-state index contributed by atoms with van der Waals surface area (Å²) >= 11 is 29.9. The number of ether oxygens (including phenoxy) is 8. The Labute approximate surface area is 766 Å². The maximum absolute atomic E-state index is 6.65. The smallest absolute Gasteiger partial charge is 0.181 e. The monoisotopic (exact) mass is 1880 g/mol. The van der Waals surface area contributed by atoms with E-state index in [1.807, 2.05) is 181 Å². The van der Waals surface area contributed by atoms with Gasteiger partial charge in [-0.3, -0.25) is 0 Å². The van der Waals surface area contributed by atoms with E-state index in [4.69, 9.17) is 37.9 Å². The van der Waals surface area contributed by atoms with Gasteiger partial charge >= 0.3 is 0 Å². The Bertz CT molecular complexity index is 5850. The number of hydrogen-bond donors (Lipinski definition) is 0. The summed E-state index contributed by atoms with van der Waals surface area (Å²) in [6.07, 6.45) is 24.5. The maximum Gasteiger partial charge on any atom is 0.181 e. The van der Waals surface area contributed by atoms with Crippen LogP contribution in [0.25, 0.3) is 148 Å². The summed E-state index contributed by atoms with van der Waals surface area (Å²) in [5.74, 6) is 7.07. The molecule has 120 heavy (non-hydrogen) atoms. The molecule has 0 saturated heterocycles. The van der Waals surface area contributed by atoms with E-state index in [9.17, 15) is 0 Å². The van der Waals surface area contributed by atoms with Gasteiger partial charge in [-0.2, -0.15) is 0 Å². The SMILES string of the molecule is CCCCCCc1ccc(-c2sc(-c3ccc(-c4ccc(-c5cc(-c6ccc(-c7sc(-c8ccc(CCCCCC)s8)c8c7OCCO8)s6)sc5-c5sc(-c6ccc(-c7sc(-c8ccc(CCCCCC)s8)c8c7OCCO8)s6)cc5-c5ccc(-c6ccc(-c7sc(-c8ccc(CCCCCC)s8)c8c7OCCO8)s6)s5)s4)s3)c3c2OCCO3)s1. The second-order valence-electron chi connectivity index (χ2n) is 30.5. The fraction of sp³-hybridized carbons (Fsp3) is 0.333. The number of aryl methyl sites for hydroxylation is 4. The third kappa shape index (κ3) is 17.0. The molecule has 24 heteroatoms. The number of rotatable bonds is 35. The molecule has 0 radical (unpaired) electrons. The van der Waals surface area contributed by atoms with Crippen LogP contribution in [0.15, 0.2) is 133 Å². The molecule has 4 aliphatic heterocycles. The minimum Gasteiger partial charge on any atom is -0.485 e. The van der Waals surface area contributed by atoms with Crippen molar-refractivity contribution in [2.45, 2.75) is 156 Å². The van der Waals surface area contributed by atoms with Gasteiger partial charge < -0.3 is 37.9 Å². The van der Waals surface area contributed by atoms with Crippen molar-refractivity contribution in [2.75, 3.05) is 52.9 Å². The quantitative estimate of drug-likeness (QED) is 0.0364. The molecule has 20 heterocycles. The molecule has 8 nitrogen and oxygen atoms in total. The normalized spacial score (nSPS) is 13.6. The van der Waals surface area contributed by atoms with Gasteiger partial charge in [-0.25, -0.2) is 0 Å². The highest BCUT2D eigenvalue weighted by molar-refractivity contribution is 7.34. The van der Waals surface area contributed by atoms with E-state index < -0.39 is 0 Å². The molecule has 0 atom stereocenters. The zero-order valence-electron chi connectivity index (χ0n) is 67.3. The molecule has 0 amide bonds. The van der Waals surface area contributed by atoms with Gasteiger partial charge in [-0.05, 0) is 185 Å². The van der Waals surface area contributed by atoms with E-state index in [0.717, 1.165) is 91.2 Å². The average molecular weight is 1880 g/mol. The van der Waals surface area contributed by atoms with Gasteiger partial charge in [0.15, 0.2) is 46.0 Å². The van der Waals surface area contributed by atoms with Crippen molar-refractivity contribution in [3.63, 3.8) is 0 Å². The summed E-state index contributed by atoms with van der Waals surface area (Å²) in [5, 5.41) is 0. The first kappa shape index (κ1) is 81.9. The lowest BCUT2D eigenvalue weighted by atomic mass is 10.1. The molecule has 0 bridgehead atoms. The highest BCUT2D eigenvalue weighted by Crippen LogP contribution is 2.64. The second kappa shape index (κ2) is 37.4. The van der Waals surface area contributed by atoms with Gasteiger partial charge in [0.25, 0.3) is 0 Å². The van der Waals surface area contributed by atoms with Gasteiger partial charge in [-0.15, -0.1) is 181 Å². The third-order valence-corrected chi connectivity index (χ3v) is 42.4. The van der Waals surface area contributed by atoms with Crippen LogP contribution in [0, 0.1) is 0 Å². The molecule has 0 fully saturated rings. The summed E-state index contributed by atoms with van der Waals surface area (Å²) in [6.45, 7) is 13.4. The predicted octanol–water partition coefficient (Wildman–Crippen LogP) is 35.3. The van der Waals surface area contributed by atoms with Crippen molar-refractivity contribution in [2.24, 2.45) is 0 Å². The standard InChI is InChI=1S/C96H90O8S16/c1-5-9-13-17-21-55-25-29-69(105-55)89-79-83(101-49-45-97-79)93(117-89)73-41-37-65(111-73)63-35-33-61(109-63)59-53-77(67-39-43-75(113-67)95-85-81(99-47-51-103-85)91(119-95)71-31-27-57(107-71)23-19-15-11-7-3)115-87(59)88-60(54-78(116-88)68-40-44-76(114-68)96-86-82(100-48-52-104-86)92(120-96)72-32-28-58(108-72)24-20-16-12-8-4)62-34-36-64(110-62)66-38-42-74(112-66)94-84-80(98-46-50-102-84)90(118-94)70-30-26-56(106-70)22-18-14-10-6-2/h25-44,53-54H,5-24,45-52H2,1-4H3. The molecule has 20 rings (SSSR count). The summed E-state index contributed by atoms with van der Waals surface area (Å²) in [5.41, 5.74) is 2.47. The Balaban J connectivity index is 0.689. The first-order chi connectivity index (χ1) is 59.3. The Kier molecular flexibility index (Phi) is 25.5. The largest absolute Gasteiger partial charge is 0.485 e. The number of unbranched alkanes of at least 4 members (excludes halogenated alkanes) is 12. The zero-order valence-corrected chi connectivity index (χ0v) is 80.4. The van der Waals surface area contributed by atoms with Crippen LogP contribution in [-0.2, 0) is 25.7 Å². The molecule has 0 N–H and O–H groups in total. The fourth-order valence-electron chi connectivity index (χ4n) is 15.9. The van der Waals surface area contributed by atoms with Crippen LogP contribution in [0.4, 0.5) is 0 Å². The minimum atomic E-state index is 0.526. The molecule has 0 unspecified atom stereocenters. The van der Waals surface area contributed by atoms with Gasteiger partial charge in [0.1, 0.15) is 52.9 Å². The molecule has 0 aromatic carbocycles. The summed E-state index contributed by atoms with van der Waals surface area (Å²) in [7, 11) is 0. The summed E-state index contributed by atoms with van der Waals surface area (Å²) in [6, 6.07) is 51.6. The first-order valence-electron chi connectivity index (χ1n) is 42.2. The highest BCUT2D eigenvalue weighted by atomic mass is 32.2. The van der Waals surface area contributed by atoms with E-state index in [1.165, 1.54) is 250 Å². The van der Waals surface area contributed by atoms with Crippen LogP contribution in [0.1, 0.15) is 150 Å². The van der Waals surface area contributed by atoms with Crippen LogP contribution in [0.3, 0.4) is 0 Å². The molecular weight excluding hydrogens is 1790 g/mol. The number of thiophene rings is 16. The number of hydrogen-bond acceptors (Lipinski definition) is 24. The van der Waals surface area contributed by atoms with Gasteiger partial charge in [-0.1, -0.05) is 105 Å². The van der Waals surface area contributed by atoms with Crippen molar-refractivity contribution in [3.05, 3.63) is 153 Å². The summed E-state index contributed by atoms with van der Waals surface area (Å²) < 4.78 is 52.7. The predicted molar refractivity (Wildman–Crippen MR) is 529 cm³/mol. The molecule has 0 saturated carbocycles. The Morgan fingerprint density at radius 3 is 0.600 bits per heavy atom. The molecule has 618 valence electrons. The van der Waals surface area contributed by atoms with E-state index in [-0.39, 0.29) is 0 Å². The molecule has 16 aromatic rings. The minimum absolute atomic E-state index is 0.526. The lowest BCUT2D eigenvalue weighted by molar-refractivity contribution is 0.175. The van der Waals surface area contributed by atoms with Crippen molar-refractivity contribution in [1.29, 1.82) is 0 Å². The van der Waals surface area contributed by atoms with Crippen molar-refractivity contribution in [1.82, 2.24) is 0 Å². The Morgan fingerprint density at radius 2 is 0.367 bits per heavy atom. The molecule has 0 aliphatic carbocycles. The molecule has 4 aliphatic rings. The zero-order chi connectivity index (χ0) is 80.6. The van der Waals surface area contributed by atoms with Crippen LogP contribution in [0.2, 0.25) is 0 Å². The third-order valence-electron chi connectivity index (χ3n) is 21.9. The van der Waals surface area contributed by atoms with Crippen molar-refractivity contribution < 1.29 is 37.9 Å². The Morgan fingerprint density at radius 1 is 0.175 bits per heavy atom. The lowest BCUT2D eigenvalue weighted by Crippen LogP contribution is -2.14. The molecule has 16 aromatic heterocycles. The average Bonchev–Trinajstić information content (AvgIpc) is 1.61. The Hall–Kier alpha value is -6.40. The van der Waals surface area contributed by atoms with Crippen LogP contribution in [-0.4, -0.2) is 52.9 Å². The molecular formula is C96H90O8S16. The van der Waals surface area contributed by atoms with Crippen LogP contribution < -0.4 is 37.9 Å². The van der Waals surface area contributed by atoms with Crippen LogP contribution >= 0.6 is 181 Å². The fourth-order valence-corrected chi connectivity index (χ4v) is 34.7. The topological polar surface area (TPSA) is 73.8 Å². The summed E-state index contributed by atoms with van der Waals surface area (Å²) in [4.78, 5) is 39.6. The van der Waals surface area contributed by atoms with E-state index in [1.54, 1.807) is 0 Å².